The molecule has 2 aromatic rings. The minimum Gasteiger partial charge on any atom is -0.361 e. The van der Waals surface area contributed by atoms with Crippen LogP contribution in [0.5, 0.6) is 0 Å². The zero-order valence-corrected chi connectivity index (χ0v) is 10.2. The number of anilines is 1. The monoisotopic (exact) mass is 246 g/mol. The van der Waals surface area contributed by atoms with Crippen LogP contribution in [-0.2, 0) is 6.54 Å². The molecule has 0 saturated heterocycles. The smallest absolute Gasteiger partial charge is 0.273 e. The molecule has 94 valence electrons. The number of rotatable bonds is 4. The molecule has 1 amide bonds. The third-order valence-electron chi connectivity index (χ3n) is 2.28. The molecule has 0 bridgehead atoms. The zero-order valence-electron chi connectivity index (χ0n) is 10.2. The Labute approximate surface area is 104 Å². The number of nitrogens with one attached hydrogen (secondary N) is 2. The van der Waals surface area contributed by atoms with E-state index in [1.54, 1.807) is 38.6 Å². The van der Waals surface area contributed by atoms with Crippen LogP contribution in [0.4, 0.5) is 5.82 Å². The summed E-state index contributed by atoms with van der Waals surface area (Å²) < 4.78 is 0. The summed E-state index contributed by atoms with van der Waals surface area (Å²) in [6.45, 7) is 0.530. The minimum absolute atomic E-state index is 0.167. The lowest BCUT2D eigenvalue weighted by Gasteiger charge is -2.09. The second-order valence-electron chi connectivity index (χ2n) is 3.89. The van der Waals surface area contributed by atoms with Crippen molar-refractivity contribution >= 4 is 11.7 Å². The molecule has 0 aliphatic carbocycles. The highest BCUT2D eigenvalue weighted by Gasteiger charge is 2.09. The lowest BCUT2D eigenvalue weighted by Crippen LogP contribution is -2.23. The first-order chi connectivity index (χ1) is 8.66. The average Bonchev–Trinajstić information content (AvgIpc) is 2.89. The van der Waals surface area contributed by atoms with Gasteiger partial charge in [0.05, 0.1) is 6.54 Å². The normalized spacial score (nSPS) is 10.1. The maximum atomic E-state index is 11.6. The Bertz CT molecular complexity index is 505. The quantitative estimate of drug-likeness (QED) is 0.821. The van der Waals surface area contributed by atoms with Crippen LogP contribution in [-0.4, -0.2) is 45.1 Å². The first-order valence-electron chi connectivity index (χ1n) is 5.44. The fourth-order valence-electron chi connectivity index (χ4n) is 1.34. The maximum Gasteiger partial charge on any atom is 0.273 e. The minimum atomic E-state index is -0.167. The highest BCUT2D eigenvalue weighted by molar-refractivity contribution is 5.91. The van der Waals surface area contributed by atoms with Gasteiger partial charge in [-0.15, -0.1) is 10.2 Å². The summed E-state index contributed by atoms with van der Waals surface area (Å²) in [6.07, 6.45) is 3.43. The molecule has 0 aliphatic heterocycles. The Hall–Kier alpha value is -2.44. The molecule has 2 heterocycles. The van der Waals surface area contributed by atoms with Crippen molar-refractivity contribution in [2.75, 3.05) is 19.4 Å². The van der Waals surface area contributed by atoms with E-state index >= 15 is 0 Å². The van der Waals surface area contributed by atoms with Crippen molar-refractivity contribution < 1.29 is 4.79 Å². The molecule has 2 rings (SSSR count). The van der Waals surface area contributed by atoms with Gasteiger partial charge < -0.3 is 15.2 Å². The van der Waals surface area contributed by atoms with Crippen molar-refractivity contribution in [3.8, 4) is 0 Å². The van der Waals surface area contributed by atoms with E-state index in [9.17, 15) is 4.79 Å². The molecule has 0 aromatic carbocycles. The number of aromatic nitrogens is 4. The number of nitrogens with zero attached hydrogens (tertiary/aromatic N) is 4. The number of carbonyl (C=O) groups is 1. The Morgan fingerprint density at radius 2 is 2.22 bits per heavy atom. The van der Waals surface area contributed by atoms with Gasteiger partial charge in [-0.2, -0.15) is 0 Å². The molecule has 0 fully saturated rings. The molecular formula is C11H14N6O. The number of imidazole rings is 1. The van der Waals surface area contributed by atoms with Crippen LogP contribution >= 0.6 is 0 Å². The number of aromatic amines is 1. The molecule has 0 radical (unpaired) electrons. The van der Waals surface area contributed by atoms with Gasteiger partial charge in [-0.1, -0.05) is 0 Å². The molecule has 0 saturated carbocycles. The first-order valence-corrected chi connectivity index (χ1v) is 5.44. The molecule has 7 nitrogen and oxygen atoms in total. The summed E-state index contributed by atoms with van der Waals surface area (Å²) >= 11 is 0. The zero-order chi connectivity index (χ0) is 13.0. The summed E-state index contributed by atoms with van der Waals surface area (Å²) in [5.41, 5.74) is 0.323. The van der Waals surface area contributed by atoms with E-state index in [0.717, 1.165) is 5.82 Å². The number of carbonyl (C=O) groups excluding carboxylic acids is 1. The fourth-order valence-corrected chi connectivity index (χ4v) is 1.34. The van der Waals surface area contributed by atoms with Crippen molar-refractivity contribution in [2.45, 2.75) is 6.54 Å². The standard InChI is InChI=1S/C11H14N6O/c1-17(2)11(18)8-3-4-9(16-15-8)14-7-10-12-5-6-13-10/h3-6H,7H2,1-2H3,(H,12,13)(H,14,16). The molecule has 7 heteroatoms. The third-order valence-corrected chi connectivity index (χ3v) is 2.28. The van der Waals surface area contributed by atoms with E-state index in [2.05, 4.69) is 25.5 Å². The topological polar surface area (TPSA) is 86.8 Å². The Balaban J connectivity index is 1.97. The lowest BCUT2D eigenvalue weighted by atomic mass is 10.3. The third kappa shape index (κ3) is 2.82. The van der Waals surface area contributed by atoms with Crippen molar-refractivity contribution in [3.63, 3.8) is 0 Å². The number of hydrogen-bond acceptors (Lipinski definition) is 5. The van der Waals surface area contributed by atoms with Gasteiger partial charge in [-0.25, -0.2) is 4.98 Å². The second kappa shape index (κ2) is 5.26. The Morgan fingerprint density at radius 3 is 2.78 bits per heavy atom. The van der Waals surface area contributed by atoms with Gasteiger partial charge in [0.15, 0.2) is 5.69 Å². The van der Waals surface area contributed by atoms with Crippen LogP contribution < -0.4 is 5.32 Å². The van der Waals surface area contributed by atoms with E-state index < -0.39 is 0 Å². The van der Waals surface area contributed by atoms with Crippen LogP contribution in [0.25, 0.3) is 0 Å². The van der Waals surface area contributed by atoms with Crippen molar-refractivity contribution in [1.82, 2.24) is 25.1 Å². The van der Waals surface area contributed by atoms with Crippen molar-refractivity contribution in [1.29, 1.82) is 0 Å². The summed E-state index contributed by atoms with van der Waals surface area (Å²) in [6, 6.07) is 3.35. The van der Waals surface area contributed by atoms with Gasteiger partial charge >= 0.3 is 0 Å². The van der Waals surface area contributed by atoms with Gasteiger partial charge in [0.25, 0.3) is 5.91 Å². The lowest BCUT2D eigenvalue weighted by molar-refractivity contribution is 0.0821. The molecular weight excluding hydrogens is 232 g/mol. The number of H-pyrrole nitrogens is 1. The van der Waals surface area contributed by atoms with Crippen molar-refractivity contribution in [3.05, 3.63) is 36.0 Å². The van der Waals surface area contributed by atoms with Crippen LogP contribution in [0.2, 0.25) is 0 Å². The summed E-state index contributed by atoms with van der Waals surface area (Å²) in [5.74, 6) is 1.24. The van der Waals surface area contributed by atoms with Gasteiger partial charge in [0.1, 0.15) is 11.6 Å². The highest BCUT2D eigenvalue weighted by atomic mass is 16.2. The number of amides is 1. The predicted molar refractivity (Wildman–Crippen MR) is 66.0 cm³/mol. The van der Waals surface area contributed by atoms with Crippen LogP contribution in [0.3, 0.4) is 0 Å². The van der Waals surface area contributed by atoms with Crippen LogP contribution in [0.15, 0.2) is 24.5 Å². The Kier molecular flexibility index (Phi) is 3.52. The molecule has 0 unspecified atom stereocenters. The van der Waals surface area contributed by atoms with Gasteiger partial charge in [-0.05, 0) is 12.1 Å². The molecule has 18 heavy (non-hydrogen) atoms. The Morgan fingerprint density at radius 1 is 1.39 bits per heavy atom. The summed E-state index contributed by atoms with van der Waals surface area (Å²) in [4.78, 5) is 20.1. The van der Waals surface area contributed by atoms with Crippen molar-refractivity contribution in [2.24, 2.45) is 0 Å². The van der Waals surface area contributed by atoms with Gasteiger partial charge in [0.2, 0.25) is 0 Å². The SMILES string of the molecule is CN(C)C(=O)c1ccc(NCc2ncc[nH]2)nn1. The van der Waals surface area contributed by atoms with E-state index in [0.29, 0.717) is 18.1 Å². The highest BCUT2D eigenvalue weighted by Crippen LogP contribution is 2.04. The molecule has 0 aliphatic rings. The largest absolute Gasteiger partial charge is 0.361 e. The average molecular weight is 246 g/mol. The van der Waals surface area contributed by atoms with Crippen LogP contribution in [0, 0.1) is 0 Å². The summed E-state index contributed by atoms with van der Waals surface area (Å²) in [7, 11) is 3.35. The molecule has 0 atom stereocenters. The van der Waals surface area contributed by atoms with E-state index in [4.69, 9.17) is 0 Å². The summed E-state index contributed by atoms with van der Waals surface area (Å²) in [5, 5.41) is 10.8. The maximum absolute atomic E-state index is 11.6. The second-order valence-corrected chi connectivity index (χ2v) is 3.89. The molecule has 0 spiro atoms. The van der Waals surface area contributed by atoms with E-state index in [1.165, 1.54) is 4.90 Å². The fraction of sp³-hybridized carbons (Fsp3) is 0.273. The van der Waals surface area contributed by atoms with Gasteiger partial charge in [-0.3, -0.25) is 4.79 Å². The van der Waals surface area contributed by atoms with E-state index in [1.807, 2.05) is 0 Å². The number of hydrogen-bond donors (Lipinski definition) is 2. The first kappa shape index (κ1) is 12.0. The molecule has 2 N–H and O–H groups in total. The van der Waals surface area contributed by atoms with E-state index in [-0.39, 0.29) is 5.91 Å². The van der Waals surface area contributed by atoms with Crippen LogP contribution in [0.1, 0.15) is 16.3 Å². The van der Waals surface area contributed by atoms with Gasteiger partial charge in [0, 0.05) is 26.5 Å². The predicted octanol–water partition coefficient (Wildman–Crippen LogP) is 0.514. The molecule has 2 aromatic heterocycles.